The summed E-state index contributed by atoms with van der Waals surface area (Å²) in [5.41, 5.74) is 0.116. The number of carboxylic acid groups (broad SMARTS) is 1. The summed E-state index contributed by atoms with van der Waals surface area (Å²) in [5.74, 6) is -1.70. The first-order valence-electron chi connectivity index (χ1n) is 4.35. The molecule has 5 nitrogen and oxygen atoms in total. The summed E-state index contributed by atoms with van der Waals surface area (Å²) in [6.45, 7) is 0. The van der Waals surface area contributed by atoms with Gasteiger partial charge in [-0.15, -0.1) is 0 Å². The summed E-state index contributed by atoms with van der Waals surface area (Å²) in [7, 11) is 1.31. The predicted octanol–water partition coefficient (Wildman–Crippen LogP) is 1.48. The molecule has 0 saturated carbocycles. The molecule has 2 rings (SSSR count). The van der Waals surface area contributed by atoms with E-state index in [1.807, 2.05) is 0 Å². The fraction of sp³-hybridized carbons (Fsp3) is 0.100. The molecule has 2 heterocycles. The van der Waals surface area contributed by atoms with Crippen LogP contribution in [0.25, 0.3) is 11.0 Å². The largest absolute Gasteiger partial charge is 0.495 e. The maximum absolute atomic E-state index is 13.0. The molecule has 0 amide bonds. The molecule has 0 aliphatic rings. The number of carbonyl (C=O) groups is 1. The van der Waals surface area contributed by atoms with Crippen LogP contribution in [-0.2, 0) is 0 Å². The van der Waals surface area contributed by atoms with E-state index in [0.717, 1.165) is 18.5 Å². The zero-order valence-electron chi connectivity index (χ0n) is 8.27. The van der Waals surface area contributed by atoms with Gasteiger partial charge in [0.1, 0.15) is 17.1 Å². The third-order valence-electron chi connectivity index (χ3n) is 2.07. The third kappa shape index (κ3) is 1.54. The minimum atomic E-state index is -1.18. The number of hydrogen-bond acceptors (Lipinski definition) is 4. The SMILES string of the molecule is COc1c(C(=O)O)cnc2ncc(F)cc12. The normalized spacial score (nSPS) is 10.4. The number of ether oxygens (including phenoxy) is 1. The lowest BCUT2D eigenvalue weighted by atomic mass is 10.2. The molecule has 0 bridgehead atoms. The lowest BCUT2D eigenvalue weighted by molar-refractivity contribution is 0.0693. The fourth-order valence-corrected chi connectivity index (χ4v) is 1.40. The number of fused-ring (bicyclic) bond motifs is 1. The van der Waals surface area contributed by atoms with E-state index in [0.29, 0.717) is 0 Å². The number of aromatic carboxylic acids is 1. The zero-order valence-corrected chi connectivity index (χ0v) is 8.27. The number of pyridine rings is 2. The van der Waals surface area contributed by atoms with E-state index in [9.17, 15) is 9.18 Å². The van der Waals surface area contributed by atoms with Crippen LogP contribution in [0.1, 0.15) is 10.4 Å². The van der Waals surface area contributed by atoms with Crippen LogP contribution in [0.3, 0.4) is 0 Å². The Bertz CT molecular complexity index is 571. The molecular formula is C10H7FN2O3. The van der Waals surface area contributed by atoms with Crippen molar-refractivity contribution in [3.8, 4) is 5.75 Å². The van der Waals surface area contributed by atoms with Crippen LogP contribution in [-0.4, -0.2) is 28.2 Å². The van der Waals surface area contributed by atoms with E-state index in [4.69, 9.17) is 9.84 Å². The van der Waals surface area contributed by atoms with Gasteiger partial charge in [0.15, 0.2) is 5.65 Å². The minimum Gasteiger partial charge on any atom is -0.495 e. The van der Waals surface area contributed by atoms with Gasteiger partial charge in [0, 0.05) is 6.20 Å². The number of halogens is 1. The van der Waals surface area contributed by atoms with Crippen molar-refractivity contribution in [3.05, 3.63) is 29.8 Å². The summed E-state index contributed by atoms with van der Waals surface area (Å²) in [5, 5.41) is 9.13. The Hall–Kier alpha value is -2.24. The van der Waals surface area contributed by atoms with Crippen molar-refractivity contribution in [3.63, 3.8) is 0 Å². The summed E-state index contributed by atoms with van der Waals surface area (Å²) in [6, 6.07) is 1.14. The molecule has 2 aromatic rings. The van der Waals surface area contributed by atoms with Gasteiger partial charge in [0.25, 0.3) is 0 Å². The Morgan fingerprint density at radius 2 is 2.12 bits per heavy atom. The van der Waals surface area contributed by atoms with Crippen molar-refractivity contribution in [2.75, 3.05) is 7.11 Å². The molecule has 2 aromatic heterocycles. The Labute approximate surface area is 89.5 Å². The van der Waals surface area contributed by atoms with E-state index in [-0.39, 0.29) is 22.3 Å². The van der Waals surface area contributed by atoms with Gasteiger partial charge < -0.3 is 9.84 Å². The van der Waals surface area contributed by atoms with Crippen LogP contribution in [0, 0.1) is 5.82 Å². The number of carboxylic acids is 1. The van der Waals surface area contributed by atoms with Gasteiger partial charge in [0.05, 0.1) is 18.7 Å². The standard InChI is InChI=1S/C10H7FN2O3/c1-16-8-6-2-5(11)3-12-9(6)13-4-7(8)10(14)15/h2-4H,1H3,(H,14,15). The molecule has 1 N–H and O–H groups in total. The number of aromatic nitrogens is 2. The highest BCUT2D eigenvalue weighted by atomic mass is 19.1. The maximum Gasteiger partial charge on any atom is 0.341 e. The van der Waals surface area contributed by atoms with Gasteiger partial charge >= 0.3 is 5.97 Å². The highest BCUT2D eigenvalue weighted by Crippen LogP contribution is 2.27. The van der Waals surface area contributed by atoms with Crippen LogP contribution < -0.4 is 4.74 Å². The van der Waals surface area contributed by atoms with Gasteiger partial charge in [0.2, 0.25) is 0 Å². The molecule has 16 heavy (non-hydrogen) atoms. The van der Waals surface area contributed by atoms with E-state index in [2.05, 4.69) is 9.97 Å². The van der Waals surface area contributed by atoms with Gasteiger partial charge in [-0.1, -0.05) is 0 Å². The molecule has 0 aliphatic carbocycles. The fourth-order valence-electron chi connectivity index (χ4n) is 1.40. The molecule has 82 valence electrons. The molecule has 0 atom stereocenters. The van der Waals surface area contributed by atoms with Crippen LogP contribution in [0.4, 0.5) is 4.39 Å². The van der Waals surface area contributed by atoms with E-state index in [1.54, 1.807) is 0 Å². The van der Waals surface area contributed by atoms with Crippen molar-refractivity contribution < 1.29 is 19.0 Å². The average molecular weight is 222 g/mol. The predicted molar refractivity (Wildman–Crippen MR) is 53.0 cm³/mol. The highest BCUT2D eigenvalue weighted by molar-refractivity contribution is 5.97. The molecule has 0 fully saturated rings. The molecule has 0 saturated heterocycles. The van der Waals surface area contributed by atoms with Crippen molar-refractivity contribution in [2.24, 2.45) is 0 Å². The number of rotatable bonds is 2. The van der Waals surface area contributed by atoms with Crippen molar-refractivity contribution >= 4 is 17.0 Å². The van der Waals surface area contributed by atoms with Gasteiger partial charge in [-0.05, 0) is 6.07 Å². The average Bonchev–Trinajstić information content (AvgIpc) is 2.27. The summed E-state index contributed by atoms with van der Waals surface area (Å²) < 4.78 is 17.9. The number of hydrogen-bond donors (Lipinski definition) is 1. The van der Waals surface area contributed by atoms with Gasteiger partial charge in [-0.3, -0.25) is 0 Å². The van der Waals surface area contributed by atoms with Crippen molar-refractivity contribution in [1.82, 2.24) is 9.97 Å². The zero-order chi connectivity index (χ0) is 11.7. The smallest absolute Gasteiger partial charge is 0.341 e. The molecule has 0 aromatic carbocycles. The van der Waals surface area contributed by atoms with Crippen LogP contribution >= 0.6 is 0 Å². The summed E-state index contributed by atoms with van der Waals surface area (Å²) in [4.78, 5) is 18.4. The first-order valence-corrected chi connectivity index (χ1v) is 4.35. The summed E-state index contributed by atoms with van der Waals surface area (Å²) >= 11 is 0. The lowest BCUT2D eigenvalue weighted by Crippen LogP contribution is -2.03. The number of methoxy groups -OCH3 is 1. The Morgan fingerprint density at radius 3 is 2.75 bits per heavy atom. The minimum absolute atomic E-state index is 0.0597. The van der Waals surface area contributed by atoms with Gasteiger partial charge in [-0.25, -0.2) is 19.2 Å². The molecule has 6 heteroatoms. The third-order valence-corrected chi connectivity index (χ3v) is 2.07. The Morgan fingerprint density at radius 1 is 1.44 bits per heavy atom. The van der Waals surface area contributed by atoms with Crippen molar-refractivity contribution in [1.29, 1.82) is 0 Å². The van der Waals surface area contributed by atoms with E-state index in [1.165, 1.54) is 7.11 Å². The van der Waals surface area contributed by atoms with E-state index < -0.39 is 11.8 Å². The van der Waals surface area contributed by atoms with Crippen LogP contribution in [0.2, 0.25) is 0 Å². The molecular weight excluding hydrogens is 215 g/mol. The topological polar surface area (TPSA) is 72.3 Å². The number of nitrogens with zero attached hydrogens (tertiary/aromatic N) is 2. The molecule has 0 unspecified atom stereocenters. The second-order valence-electron chi connectivity index (χ2n) is 3.03. The quantitative estimate of drug-likeness (QED) is 0.833. The first kappa shape index (κ1) is 10.3. The summed E-state index contributed by atoms with van der Waals surface area (Å²) in [6.07, 6.45) is 2.14. The molecule has 0 radical (unpaired) electrons. The van der Waals surface area contributed by atoms with Crippen LogP contribution in [0.15, 0.2) is 18.5 Å². The second-order valence-corrected chi connectivity index (χ2v) is 3.03. The Kier molecular flexibility index (Phi) is 2.40. The second kappa shape index (κ2) is 3.73. The van der Waals surface area contributed by atoms with E-state index >= 15 is 0 Å². The molecule has 0 aliphatic heterocycles. The maximum atomic E-state index is 13.0. The lowest BCUT2D eigenvalue weighted by Gasteiger charge is -2.07. The van der Waals surface area contributed by atoms with Gasteiger partial charge in [-0.2, -0.15) is 0 Å². The van der Waals surface area contributed by atoms with Crippen LogP contribution in [0.5, 0.6) is 5.75 Å². The molecule has 0 spiro atoms. The Balaban J connectivity index is 2.83. The van der Waals surface area contributed by atoms with Crippen molar-refractivity contribution in [2.45, 2.75) is 0 Å². The highest BCUT2D eigenvalue weighted by Gasteiger charge is 2.16. The first-order chi connectivity index (χ1) is 7.63. The monoisotopic (exact) mass is 222 g/mol.